The van der Waals surface area contributed by atoms with Crippen molar-refractivity contribution in [1.29, 1.82) is 0 Å². The number of carbonyl (C=O) groups is 4. The second-order valence-corrected chi connectivity index (χ2v) is 6.87. The third-order valence-electron chi connectivity index (χ3n) is 3.30. The van der Waals surface area contributed by atoms with Gasteiger partial charge in [-0.25, -0.2) is 9.59 Å². The van der Waals surface area contributed by atoms with Crippen LogP contribution in [0.2, 0.25) is 0 Å². The normalized spacial score (nSPS) is 10.5. The average Bonchev–Trinajstić information content (AvgIpc) is 2.64. The van der Waals surface area contributed by atoms with E-state index in [1.807, 2.05) is 0 Å². The molecule has 0 aliphatic heterocycles. The molecule has 0 fully saturated rings. The van der Waals surface area contributed by atoms with Crippen LogP contribution in [0.4, 0.5) is 10.5 Å². The van der Waals surface area contributed by atoms with E-state index >= 15 is 0 Å². The molecule has 1 N–H and O–H groups in total. The van der Waals surface area contributed by atoms with Gasteiger partial charge in [-0.3, -0.25) is 9.59 Å². The molecular formula is C19H26N2O8. The molecule has 160 valence electrons. The Morgan fingerprint density at radius 1 is 1.14 bits per heavy atom. The lowest BCUT2D eigenvalue weighted by atomic mass is 10.2. The van der Waals surface area contributed by atoms with Crippen molar-refractivity contribution in [2.45, 2.75) is 26.4 Å². The molecule has 0 unspecified atom stereocenters. The first-order chi connectivity index (χ1) is 13.6. The molecule has 0 bridgehead atoms. The van der Waals surface area contributed by atoms with Crippen LogP contribution in [-0.4, -0.2) is 68.9 Å². The van der Waals surface area contributed by atoms with E-state index in [0.717, 1.165) is 4.90 Å². The largest absolute Gasteiger partial charge is 0.495 e. The molecule has 0 aliphatic carbocycles. The molecule has 0 saturated heterocycles. The number of anilines is 1. The minimum Gasteiger partial charge on any atom is -0.495 e. The standard InChI is InChI=1S/C19H26N2O8/c1-19(2,3)29-18(25)21(4)11-16(23)27-8-9-28-17(24)13-6-7-14(20-12-22)15(10-13)26-5/h6-7,10,12H,8-9,11H2,1-5H3,(H,20,22). The summed E-state index contributed by atoms with van der Waals surface area (Å²) in [7, 11) is 2.81. The zero-order valence-electron chi connectivity index (χ0n) is 17.1. The Kier molecular flexibility index (Phi) is 8.91. The number of amides is 2. The Morgan fingerprint density at radius 2 is 1.79 bits per heavy atom. The third kappa shape index (κ3) is 8.50. The van der Waals surface area contributed by atoms with E-state index < -0.39 is 23.6 Å². The number of carbonyl (C=O) groups excluding carboxylic acids is 4. The van der Waals surface area contributed by atoms with Gasteiger partial charge in [-0.05, 0) is 39.0 Å². The van der Waals surface area contributed by atoms with Crippen molar-refractivity contribution in [2.75, 3.05) is 39.2 Å². The van der Waals surface area contributed by atoms with Gasteiger partial charge in [0.1, 0.15) is 31.1 Å². The minimum atomic E-state index is -0.673. The Balaban J connectivity index is 2.42. The lowest BCUT2D eigenvalue weighted by molar-refractivity contribution is -0.145. The molecule has 1 aromatic carbocycles. The smallest absolute Gasteiger partial charge is 0.410 e. The number of nitrogens with one attached hydrogen (secondary N) is 1. The molecular weight excluding hydrogens is 384 g/mol. The molecule has 0 aromatic heterocycles. The lowest BCUT2D eigenvalue weighted by Crippen LogP contribution is -2.37. The van der Waals surface area contributed by atoms with E-state index in [1.165, 1.54) is 32.4 Å². The molecule has 10 nitrogen and oxygen atoms in total. The van der Waals surface area contributed by atoms with Gasteiger partial charge in [0.15, 0.2) is 0 Å². The predicted octanol–water partition coefficient (Wildman–Crippen LogP) is 1.83. The van der Waals surface area contributed by atoms with Crippen LogP contribution >= 0.6 is 0 Å². The highest BCUT2D eigenvalue weighted by Crippen LogP contribution is 2.25. The van der Waals surface area contributed by atoms with E-state index in [-0.39, 0.29) is 25.3 Å². The molecule has 10 heteroatoms. The van der Waals surface area contributed by atoms with E-state index in [0.29, 0.717) is 17.8 Å². The second-order valence-electron chi connectivity index (χ2n) is 6.87. The topological polar surface area (TPSA) is 120 Å². The van der Waals surface area contributed by atoms with Crippen LogP contribution in [0.3, 0.4) is 0 Å². The van der Waals surface area contributed by atoms with Crippen LogP contribution < -0.4 is 10.1 Å². The summed E-state index contributed by atoms with van der Waals surface area (Å²) in [5.74, 6) is -1.02. The van der Waals surface area contributed by atoms with Gasteiger partial charge in [-0.15, -0.1) is 0 Å². The summed E-state index contributed by atoms with van der Waals surface area (Å²) in [6.07, 6.45) is -0.160. The van der Waals surface area contributed by atoms with E-state index in [1.54, 1.807) is 20.8 Å². The maximum Gasteiger partial charge on any atom is 0.410 e. The van der Waals surface area contributed by atoms with Gasteiger partial charge < -0.3 is 29.2 Å². The second kappa shape index (κ2) is 10.9. The van der Waals surface area contributed by atoms with Crippen LogP contribution in [0.5, 0.6) is 5.75 Å². The molecule has 2 amide bonds. The third-order valence-corrected chi connectivity index (χ3v) is 3.30. The Hall–Kier alpha value is -3.30. The van der Waals surface area contributed by atoms with Crippen molar-refractivity contribution in [3.8, 4) is 5.75 Å². The van der Waals surface area contributed by atoms with Crippen LogP contribution in [0, 0.1) is 0 Å². The van der Waals surface area contributed by atoms with Crippen molar-refractivity contribution in [1.82, 2.24) is 4.90 Å². The summed E-state index contributed by atoms with van der Waals surface area (Å²) in [5, 5.41) is 2.44. The Bertz CT molecular complexity index is 742. The summed E-state index contributed by atoms with van der Waals surface area (Å²) in [6, 6.07) is 4.37. The highest BCUT2D eigenvalue weighted by atomic mass is 16.6. The van der Waals surface area contributed by atoms with Gasteiger partial charge in [-0.2, -0.15) is 0 Å². The summed E-state index contributed by atoms with van der Waals surface area (Å²) >= 11 is 0. The Labute approximate surface area is 169 Å². The van der Waals surface area contributed by atoms with Gasteiger partial charge in [0, 0.05) is 7.05 Å². The fraction of sp³-hybridized carbons (Fsp3) is 0.474. The van der Waals surface area contributed by atoms with Gasteiger partial charge in [0.05, 0.1) is 18.4 Å². The molecule has 29 heavy (non-hydrogen) atoms. The molecule has 0 saturated carbocycles. The van der Waals surface area contributed by atoms with Crippen LogP contribution in [0.15, 0.2) is 18.2 Å². The summed E-state index contributed by atoms with van der Waals surface area (Å²) in [4.78, 5) is 47.2. The summed E-state index contributed by atoms with van der Waals surface area (Å²) in [6.45, 7) is 4.51. The van der Waals surface area contributed by atoms with E-state index in [4.69, 9.17) is 18.9 Å². The number of likely N-dealkylation sites (N-methyl/N-ethyl adjacent to an activating group) is 1. The number of hydrogen-bond donors (Lipinski definition) is 1. The Morgan fingerprint density at radius 3 is 2.38 bits per heavy atom. The van der Waals surface area contributed by atoms with Gasteiger partial charge in [-0.1, -0.05) is 0 Å². The monoisotopic (exact) mass is 410 g/mol. The van der Waals surface area contributed by atoms with Crippen molar-refractivity contribution in [3.05, 3.63) is 23.8 Å². The van der Waals surface area contributed by atoms with Gasteiger partial charge in [0.25, 0.3) is 0 Å². The first kappa shape index (κ1) is 23.7. The molecule has 1 aromatic rings. The fourth-order valence-corrected chi connectivity index (χ4v) is 2.02. The maximum absolute atomic E-state index is 12.0. The quantitative estimate of drug-likeness (QED) is 0.283. The van der Waals surface area contributed by atoms with Crippen molar-refractivity contribution < 1.29 is 38.1 Å². The highest BCUT2D eigenvalue weighted by Gasteiger charge is 2.21. The zero-order valence-corrected chi connectivity index (χ0v) is 17.1. The fourth-order valence-electron chi connectivity index (χ4n) is 2.02. The van der Waals surface area contributed by atoms with Crippen molar-refractivity contribution in [3.63, 3.8) is 0 Å². The number of benzene rings is 1. The first-order valence-corrected chi connectivity index (χ1v) is 8.72. The molecule has 0 spiro atoms. The highest BCUT2D eigenvalue weighted by molar-refractivity contribution is 5.91. The summed E-state index contributed by atoms with van der Waals surface area (Å²) in [5.41, 5.74) is -0.0652. The number of ether oxygens (including phenoxy) is 4. The SMILES string of the molecule is COc1cc(C(=O)OCCOC(=O)CN(C)C(=O)OC(C)(C)C)ccc1NC=O. The lowest BCUT2D eigenvalue weighted by Gasteiger charge is -2.24. The van der Waals surface area contributed by atoms with E-state index in [9.17, 15) is 19.2 Å². The number of hydrogen-bond acceptors (Lipinski definition) is 8. The van der Waals surface area contributed by atoms with Crippen LogP contribution in [-0.2, 0) is 23.8 Å². The number of rotatable bonds is 9. The molecule has 0 atom stereocenters. The molecule has 0 aliphatic rings. The van der Waals surface area contributed by atoms with E-state index in [2.05, 4.69) is 5.32 Å². The predicted molar refractivity (Wildman–Crippen MR) is 103 cm³/mol. The zero-order chi connectivity index (χ0) is 22.0. The van der Waals surface area contributed by atoms with Crippen molar-refractivity contribution in [2.24, 2.45) is 0 Å². The minimum absolute atomic E-state index is 0.169. The maximum atomic E-state index is 12.0. The molecule has 0 radical (unpaired) electrons. The molecule has 1 rings (SSSR count). The summed E-state index contributed by atoms with van der Waals surface area (Å²) < 4.78 is 20.2. The number of methoxy groups -OCH3 is 1. The van der Waals surface area contributed by atoms with Crippen LogP contribution in [0.1, 0.15) is 31.1 Å². The van der Waals surface area contributed by atoms with Crippen LogP contribution in [0.25, 0.3) is 0 Å². The van der Waals surface area contributed by atoms with Crippen molar-refractivity contribution >= 4 is 30.1 Å². The molecule has 0 heterocycles. The average molecular weight is 410 g/mol. The van der Waals surface area contributed by atoms with Gasteiger partial charge in [0.2, 0.25) is 6.41 Å². The number of esters is 2. The van der Waals surface area contributed by atoms with Gasteiger partial charge >= 0.3 is 18.0 Å². The number of nitrogens with zero attached hydrogens (tertiary/aromatic N) is 1. The first-order valence-electron chi connectivity index (χ1n) is 8.72.